The number of rotatable bonds is 8. The van der Waals surface area contributed by atoms with E-state index in [1.807, 2.05) is 24.3 Å². The van der Waals surface area contributed by atoms with E-state index in [2.05, 4.69) is 6.92 Å². The molecule has 0 aliphatic heterocycles. The fraction of sp³-hybridized carbons (Fsp3) is 0.609. The Morgan fingerprint density at radius 3 is 2.30 bits per heavy atom. The maximum Gasteiger partial charge on any atom is 0.410 e. The Kier molecular flexibility index (Phi) is 7.48. The van der Waals surface area contributed by atoms with E-state index >= 15 is 0 Å². The van der Waals surface area contributed by atoms with E-state index in [9.17, 15) is 4.79 Å². The molecule has 1 aromatic carbocycles. The van der Waals surface area contributed by atoms with Crippen molar-refractivity contribution in [3.8, 4) is 5.75 Å². The van der Waals surface area contributed by atoms with Gasteiger partial charge in [0.15, 0.2) is 0 Å². The van der Waals surface area contributed by atoms with Crippen LogP contribution >= 0.6 is 0 Å². The number of benzene rings is 1. The second-order valence-corrected chi connectivity index (χ2v) is 8.62. The van der Waals surface area contributed by atoms with Crippen LogP contribution in [0.1, 0.15) is 57.4 Å². The van der Waals surface area contributed by atoms with E-state index < -0.39 is 0 Å². The number of nitrogens with two attached hydrogens (primary N) is 2. The average Bonchev–Trinajstić information content (AvgIpc) is 3.59. The van der Waals surface area contributed by atoms with Crippen LogP contribution in [0.5, 0.6) is 5.75 Å². The van der Waals surface area contributed by atoms with E-state index in [-0.39, 0.29) is 18.7 Å². The summed E-state index contributed by atoms with van der Waals surface area (Å²) >= 11 is 0. The summed E-state index contributed by atoms with van der Waals surface area (Å²) in [5.41, 5.74) is 8.22. The molecule has 2 fully saturated rings. The van der Waals surface area contributed by atoms with Gasteiger partial charge >= 0.3 is 6.09 Å². The molecule has 0 heterocycles. The molecule has 166 valence electrons. The molecular weight excluding hydrogens is 380 g/mol. The lowest BCUT2D eigenvalue weighted by Gasteiger charge is -2.26. The number of hydrogen-bond donors (Lipinski definition) is 2. The Labute approximate surface area is 179 Å². The molecule has 0 radical (unpaired) electrons. The van der Waals surface area contributed by atoms with Crippen LogP contribution in [0.3, 0.4) is 0 Å². The molecule has 2 saturated carbocycles. The summed E-state index contributed by atoms with van der Waals surface area (Å²) in [7, 11) is 3.46. The average molecular weight is 417 g/mol. The number of hydrazine groups is 1. The maximum atomic E-state index is 12.4. The van der Waals surface area contributed by atoms with Crippen LogP contribution in [0.15, 0.2) is 30.0 Å². The highest BCUT2D eigenvalue weighted by Crippen LogP contribution is 2.34. The second-order valence-electron chi connectivity index (χ2n) is 8.62. The minimum absolute atomic E-state index is 0.0136. The van der Waals surface area contributed by atoms with E-state index in [1.165, 1.54) is 37.1 Å². The van der Waals surface area contributed by atoms with Crippen molar-refractivity contribution in [3.63, 3.8) is 0 Å². The highest BCUT2D eigenvalue weighted by atomic mass is 16.6. The van der Waals surface area contributed by atoms with Gasteiger partial charge in [-0.15, -0.1) is 0 Å². The van der Waals surface area contributed by atoms with Crippen molar-refractivity contribution in [1.29, 1.82) is 0 Å². The lowest BCUT2D eigenvalue weighted by Crippen LogP contribution is -2.38. The summed E-state index contributed by atoms with van der Waals surface area (Å²) in [5, 5.41) is 1.40. The molecule has 1 aromatic rings. The van der Waals surface area contributed by atoms with Gasteiger partial charge in [0.1, 0.15) is 12.4 Å². The second kappa shape index (κ2) is 10.1. The molecule has 2 aliphatic carbocycles. The Hall–Kier alpha value is -2.41. The van der Waals surface area contributed by atoms with E-state index in [0.717, 1.165) is 24.2 Å². The molecule has 2 aliphatic rings. The van der Waals surface area contributed by atoms with Gasteiger partial charge in [-0.2, -0.15) is 0 Å². The fourth-order valence-corrected chi connectivity index (χ4v) is 3.92. The molecule has 30 heavy (non-hydrogen) atoms. The van der Waals surface area contributed by atoms with Gasteiger partial charge < -0.3 is 25.1 Å². The first kappa shape index (κ1) is 22.3. The number of nitrogens with zero attached hydrogens (tertiary/aromatic N) is 2. The molecule has 7 heteroatoms. The molecule has 1 unspecified atom stereocenters. The third-order valence-electron chi connectivity index (χ3n) is 6.29. The van der Waals surface area contributed by atoms with Crippen LogP contribution in [-0.2, 0) is 4.74 Å². The predicted octanol–water partition coefficient (Wildman–Crippen LogP) is 3.70. The van der Waals surface area contributed by atoms with Crippen molar-refractivity contribution >= 4 is 11.8 Å². The van der Waals surface area contributed by atoms with Crippen molar-refractivity contribution in [2.75, 3.05) is 20.7 Å². The van der Waals surface area contributed by atoms with Gasteiger partial charge in [0.05, 0.1) is 17.5 Å². The van der Waals surface area contributed by atoms with E-state index in [0.29, 0.717) is 23.4 Å². The Morgan fingerprint density at radius 2 is 1.73 bits per heavy atom. The van der Waals surface area contributed by atoms with Crippen LogP contribution in [0.2, 0.25) is 0 Å². The van der Waals surface area contributed by atoms with E-state index in [4.69, 9.17) is 21.1 Å². The van der Waals surface area contributed by atoms with Gasteiger partial charge in [0.2, 0.25) is 0 Å². The summed E-state index contributed by atoms with van der Waals surface area (Å²) in [4.78, 5) is 14.1. The molecular formula is C23H36N4O3. The molecule has 1 amide bonds. The molecule has 0 aromatic heterocycles. The number of amides is 1. The highest BCUT2D eigenvalue weighted by Gasteiger charge is 2.33. The Morgan fingerprint density at radius 1 is 1.10 bits per heavy atom. The van der Waals surface area contributed by atoms with Crippen LogP contribution in [0, 0.1) is 5.92 Å². The summed E-state index contributed by atoms with van der Waals surface area (Å²) in [6.07, 6.45) is 8.28. The third-order valence-corrected chi connectivity index (χ3v) is 6.29. The maximum absolute atomic E-state index is 12.4. The molecule has 0 saturated heterocycles. The first-order valence-electron chi connectivity index (χ1n) is 11.0. The largest absolute Gasteiger partial charge is 0.490 e. The Balaban J connectivity index is 1.62. The van der Waals surface area contributed by atoms with Gasteiger partial charge in [-0.05, 0) is 81.2 Å². The van der Waals surface area contributed by atoms with Crippen LogP contribution in [0.25, 0.3) is 5.70 Å². The Bertz CT molecular complexity index is 737. The minimum atomic E-state index is -0.363. The molecule has 1 atom stereocenters. The zero-order valence-electron chi connectivity index (χ0n) is 18.5. The number of carbonyl (C=O) groups is 1. The quantitative estimate of drug-likeness (QED) is 0.496. The number of likely N-dealkylation sites (N-methyl/N-ethyl adjacent to an activating group) is 1. The summed E-state index contributed by atoms with van der Waals surface area (Å²) < 4.78 is 11.6. The molecule has 7 nitrogen and oxygen atoms in total. The monoisotopic (exact) mass is 416 g/mol. The minimum Gasteiger partial charge on any atom is -0.490 e. The number of ether oxygens (including phenoxy) is 2. The highest BCUT2D eigenvalue weighted by molar-refractivity contribution is 5.69. The smallest absolute Gasteiger partial charge is 0.410 e. The lowest BCUT2D eigenvalue weighted by molar-refractivity contribution is 0.0981. The van der Waals surface area contributed by atoms with Crippen LogP contribution in [0.4, 0.5) is 4.79 Å². The predicted molar refractivity (Wildman–Crippen MR) is 118 cm³/mol. The lowest BCUT2D eigenvalue weighted by atomic mass is 9.98. The molecule has 4 N–H and O–H groups in total. The van der Waals surface area contributed by atoms with E-state index in [1.54, 1.807) is 19.0 Å². The van der Waals surface area contributed by atoms with Crippen molar-refractivity contribution < 1.29 is 14.3 Å². The third kappa shape index (κ3) is 5.81. The van der Waals surface area contributed by atoms with Gasteiger partial charge in [-0.25, -0.2) is 10.6 Å². The zero-order valence-corrected chi connectivity index (χ0v) is 18.5. The van der Waals surface area contributed by atoms with Crippen molar-refractivity contribution in [3.05, 3.63) is 35.5 Å². The zero-order chi connectivity index (χ0) is 21.7. The standard InChI is InChI=1S/C23H36N4O3/c1-16(17-9-10-17)26(2)23(28)29-15-21(27(3)25)22(24)18-11-13-20(14-12-18)30-19-7-5-4-6-8-19/h11-14,16-17,19H,4-10,15,24-25H2,1-3H3/b22-21-. The first-order valence-corrected chi connectivity index (χ1v) is 11.0. The molecule has 0 spiro atoms. The molecule has 0 bridgehead atoms. The fourth-order valence-electron chi connectivity index (χ4n) is 3.92. The van der Waals surface area contributed by atoms with Crippen LogP contribution < -0.4 is 16.3 Å². The SMILES string of the molecule is CC(C1CC1)N(C)C(=O)OC/C(=C(/N)c1ccc(OC2CCCCC2)cc1)N(C)N. The number of carbonyl (C=O) groups excluding carboxylic acids is 1. The topological polar surface area (TPSA) is 94.0 Å². The van der Waals surface area contributed by atoms with Gasteiger partial charge in [0, 0.05) is 20.1 Å². The van der Waals surface area contributed by atoms with Gasteiger partial charge in [-0.1, -0.05) is 6.42 Å². The number of hydrogen-bond acceptors (Lipinski definition) is 6. The van der Waals surface area contributed by atoms with Gasteiger partial charge in [0.25, 0.3) is 0 Å². The summed E-state index contributed by atoms with van der Waals surface area (Å²) in [5.74, 6) is 7.40. The van der Waals surface area contributed by atoms with Crippen molar-refractivity contribution in [2.24, 2.45) is 17.5 Å². The molecule has 3 rings (SSSR count). The normalized spacial score (nSPS) is 18.9. The van der Waals surface area contributed by atoms with Gasteiger partial charge in [-0.3, -0.25) is 0 Å². The summed E-state index contributed by atoms with van der Waals surface area (Å²) in [6, 6.07) is 7.87. The summed E-state index contributed by atoms with van der Waals surface area (Å²) in [6.45, 7) is 2.07. The van der Waals surface area contributed by atoms with Crippen molar-refractivity contribution in [2.45, 2.75) is 64.0 Å². The van der Waals surface area contributed by atoms with Crippen LogP contribution in [-0.4, -0.2) is 48.9 Å². The first-order chi connectivity index (χ1) is 14.4. The van der Waals surface area contributed by atoms with Crippen molar-refractivity contribution in [1.82, 2.24) is 9.91 Å².